The van der Waals surface area contributed by atoms with Gasteiger partial charge in [-0.25, -0.2) is 4.39 Å². The fourth-order valence-corrected chi connectivity index (χ4v) is 3.68. The number of hydrogen-bond acceptors (Lipinski definition) is 2. The molecule has 1 aromatic carbocycles. The fraction of sp³-hybridized carbons (Fsp3) is 0.500. The van der Waals surface area contributed by atoms with Crippen LogP contribution in [0.25, 0.3) is 0 Å². The summed E-state index contributed by atoms with van der Waals surface area (Å²) in [7, 11) is 0. The second-order valence-corrected chi connectivity index (χ2v) is 6.26. The fourth-order valence-electron chi connectivity index (χ4n) is 2.71. The van der Waals surface area contributed by atoms with Gasteiger partial charge in [0.15, 0.2) is 0 Å². The summed E-state index contributed by atoms with van der Waals surface area (Å²) in [5, 5.41) is 0.702. The summed E-state index contributed by atoms with van der Waals surface area (Å²) >= 11 is 3.49. The van der Waals surface area contributed by atoms with Crippen molar-refractivity contribution >= 4 is 33.3 Å². The number of alkyl halides is 1. The van der Waals surface area contributed by atoms with Gasteiger partial charge in [0.2, 0.25) is 0 Å². The van der Waals surface area contributed by atoms with Crippen LogP contribution in [0.4, 0.5) is 10.1 Å². The zero-order valence-corrected chi connectivity index (χ0v) is 14.1. The molecule has 3 nitrogen and oxygen atoms in total. The number of carbonyl (C=O) groups is 2. The number of aryl methyl sites for hydroxylation is 1. The molecule has 0 saturated heterocycles. The standard InChI is InChI=1S/C16H19BrFNO2/c1-4-16(5-2,8-17)9-19-13-11(14(20)15(19)21)6-10(3)7-12(13)18/h6-7H,4-5,8-9H2,1-3H3. The number of anilines is 1. The van der Waals surface area contributed by atoms with Gasteiger partial charge in [-0.1, -0.05) is 29.8 Å². The first-order valence-electron chi connectivity index (χ1n) is 7.11. The lowest BCUT2D eigenvalue weighted by molar-refractivity contribution is -0.114. The number of fused-ring (bicyclic) bond motifs is 1. The molecule has 1 heterocycles. The van der Waals surface area contributed by atoms with Crippen molar-refractivity contribution in [2.24, 2.45) is 5.41 Å². The van der Waals surface area contributed by atoms with Gasteiger partial charge >= 0.3 is 0 Å². The lowest BCUT2D eigenvalue weighted by atomic mass is 9.84. The summed E-state index contributed by atoms with van der Waals surface area (Å²) in [6.07, 6.45) is 1.69. The molecular weight excluding hydrogens is 337 g/mol. The number of amides is 1. The average Bonchev–Trinajstić information content (AvgIpc) is 2.70. The van der Waals surface area contributed by atoms with E-state index in [1.165, 1.54) is 11.0 Å². The number of ketones is 1. The zero-order chi connectivity index (χ0) is 15.8. The van der Waals surface area contributed by atoms with E-state index in [2.05, 4.69) is 15.9 Å². The Kier molecular flexibility index (Phi) is 4.51. The summed E-state index contributed by atoms with van der Waals surface area (Å²) in [6, 6.07) is 2.96. The molecule has 114 valence electrons. The number of rotatable bonds is 5. The summed E-state index contributed by atoms with van der Waals surface area (Å²) in [6.45, 7) is 6.15. The van der Waals surface area contributed by atoms with Gasteiger partial charge in [-0.05, 0) is 42.9 Å². The summed E-state index contributed by atoms with van der Waals surface area (Å²) in [4.78, 5) is 25.7. The van der Waals surface area contributed by atoms with Crippen LogP contribution in [0, 0.1) is 18.2 Å². The monoisotopic (exact) mass is 355 g/mol. The first-order chi connectivity index (χ1) is 9.89. The maximum absolute atomic E-state index is 14.3. The Bertz CT molecular complexity index is 588. The highest BCUT2D eigenvalue weighted by atomic mass is 79.9. The van der Waals surface area contributed by atoms with Gasteiger partial charge in [-0.2, -0.15) is 0 Å². The molecule has 5 heteroatoms. The molecule has 21 heavy (non-hydrogen) atoms. The third kappa shape index (κ3) is 2.63. The Balaban J connectivity index is 2.49. The molecule has 1 aliphatic heterocycles. The zero-order valence-electron chi connectivity index (χ0n) is 12.5. The smallest absolute Gasteiger partial charge is 0.299 e. The largest absolute Gasteiger partial charge is 0.301 e. The highest BCUT2D eigenvalue weighted by molar-refractivity contribution is 9.09. The van der Waals surface area contributed by atoms with Crippen LogP contribution in [-0.2, 0) is 4.79 Å². The lowest BCUT2D eigenvalue weighted by Gasteiger charge is -2.34. The van der Waals surface area contributed by atoms with Crippen LogP contribution in [0.5, 0.6) is 0 Å². The van der Waals surface area contributed by atoms with Gasteiger partial charge in [0.1, 0.15) is 5.82 Å². The Morgan fingerprint density at radius 2 is 1.86 bits per heavy atom. The van der Waals surface area contributed by atoms with Crippen LogP contribution in [0.2, 0.25) is 0 Å². The van der Waals surface area contributed by atoms with E-state index in [4.69, 9.17) is 0 Å². The van der Waals surface area contributed by atoms with E-state index in [1.807, 2.05) is 13.8 Å². The number of carbonyl (C=O) groups excluding carboxylic acids is 2. The molecule has 0 aromatic heterocycles. The molecule has 0 fully saturated rings. The van der Waals surface area contributed by atoms with Crippen molar-refractivity contribution < 1.29 is 14.0 Å². The van der Waals surface area contributed by atoms with Gasteiger partial charge in [0.05, 0.1) is 11.3 Å². The van der Waals surface area contributed by atoms with Crippen LogP contribution in [0.3, 0.4) is 0 Å². The van der Waals surface area contributed by atoms with Crippen molar-refractivity contribution in [2.45, 2.75) is 33.6 Å². The molecule has 2 rings (SSSR count). The van der Waals surface area contributed by atoms with Gasteiger partial charge in [0, 0.05) is 11.9 Å². The lowest BCUT2D eigenvalue weighted by Crippen LogP contribution is -2.41. The van der Waals surface area contributed by atoms with Crippen molar-refractivity contribution in [3.05, 3.63) is 29.1 Å². The van der Waals surface area contributed by atoms with Crippen LogP contribution in [0.15, 0.2) is 12.1 Å². The normalized spacial score (nSPS) is 14.8. The van der Waals surface area contributed by atoms with Crippen LogP contribution in [0.1, 0.15) is 42.6 Å². The van der Waals surface area contributed by atoms with Crippen LogP contribution >= 0.6 is 15.9 Å². The SMILES string of the molecule is CCC(CC)(CBr)CN1C(=O)C(=O)c2cc(C)cc(F)c21. The third-order valence-corrected chi connectivity index (χ3v) is 5.63. The molecule has 0 atom stereocenters. The van der Waals surface area contributed by atoms with Gasteiger partial charge in [0.25, 0.3) is 11.7 Å². The quantitative estimate of drug-likeness (QED) is 0.593. The molecule has 0 spiro atoms. The van der Waals surface area contributed by atoms with E-state index in [0.717, 1.165) is 12.8 Å². The van der Waals surface area contributed by atoms with Crippen LogP contribution < -0.4 is 4.90 Å². The van der Waals surface area contributed by atoms with Gasteiger partial charge in [-0.15, -0.1) is 0 Å². The van der Waals surface area contributed by atoms with E-state index in [0.29, 0.717) is 17.4 Å². The number of benzene rings is 1. The average molecular weight is 356 g/mol. The molecule has 0 unspecified atom stereocenters. The molecule has 1 aliphatic rings. The van der Waals surface area contributed by atoms with Crippen molar-refractivity contribution in [2.75, 3.05) is 16.8 Å². The third-order valence-electron chi connectivity index (χ3n) is 4.44. The van der Waals surface area contributed by atoms with E-state index >= 15 is 0 Å². The second kappa shape index (κ2) is 5.87. The maximum Gasteiger partial charge on any atom is 0.299 e. The highest BCUT2D eigenvalue weighted by Gasteiger charge is 2.41. The van der Waals surface area contributed by atoms with Crippen LogP contribution in [-0.4, -0.2) is 23.6 Å². The Hall–Kier alpha value is -1.23. The van der Waals surface area contributed by atoms with E-state index in [-0.39, 0.29) is 16.7 Å². The van der Waals surface area contributed by atoms with Crippen molar-refractivity contribution in [1.82, 2.24) is 0 Å². The number of nitrogens with zero attached hydrogens (tertiary/aromatic N) is 1. The molecule has 1 amide bonds. The highest BCUT2D eigenvalue weighted by Crippen LogP contribution is 2.38. The number of Topliss-reactive ketones (excluding diaryl/α,β-unsaturated/α-hetero) is 1. The van der Waals surface area contributed by atoms with E-state index < -0.39 is 17.5 Å². The number of halogens is 2. The summed E-state index contributed by atoms with van der Waals surface area (Å²) in [5.41, 5.74) is 0.817. The molecule has 0 saturated carbocycles. The van der Waals surface area contributed by atoms with Gasteiger partial charge < -0.3 is 4.90 Å². The Morgan fingerprint density at radius 3 is 2.38 bits per heavy atom. The maximum atomic E-state index is 14.3. The Morgan fingerprint density at radius 1 is 1.24 bits per heavy atom. The second-order valence-electron chi connectivity index (χ2n) is 5.70. The minimum Gasteiger partial charge on any atom is -0.301 e. The molecule has 0 aliphatic carbocycles. The molecule has 0 bridgehead atoms. The minimum atomic E-state index is -0.623. The van der Waals surface area contributed by atoms with E-state index in [9.17, 15) is 14.0 Å². The Labute approximate surface area is 132 Å². The van der Waals surface area contributed by atoms with Gasteiger partial charge in [-0.3, -0.25) is 9.59 Å². The van der Waals surface area contributed by atoms with E-state index in [1.54, 1.807) is 13.0 Å². The predicted molar refractivity (Wildman–Crippen MR) is 84.6 cm³/mol. The minimum absolute atomic E-state index is 0.142. The molecule has 1 aromatic rings. The summed E-state index contributed by atoms with van der Waals surface area (Å²) in [5.74, 6) is -1.73. The first kappa shape index (κ1) is 16.1. The number of hydrogen-bond donors (Lipinski definition) is 0. The summed E-state index contributed by atoms with van der Waals surface area (Å²) < 4.78 is 14.3. The molecule has 0 radical (unpaired) electrons. The first-order valence-corrected chi connectivity index (χ1v) is 8.23. The molecular formula is C16H19BrFNO2. The van der Waals surface area contributed by atoms with Crippen molar-refractivity contribution in [3.8, 4) is 0 Å². The van der Waals surface area contributed by atoms with Crippen molar-refractivity contribution in [3.63, 3.8) is 0 Å². The molecule has 0 N–H and O–H groups in total. The topological polar surface area (TPSA) is 37.4 Å². The van der Waals surface area contributed by atoms with Crippen molar-refractivity contribution in [1.29, 1.82) is 0 Å². The predicted octanol–water partition coefficient (Wildman–Crippen LogP) is 3.86.